The Labute approximate surface area is 80.0 Å². The van der Waals surface area contributed by atoms with Gasteiger partial charge in [-0.25, -0.2) is 4.98 Å². The van der Waals surface area contributed by atoms with E-state index in [1.807, 2.05) is 25.5 Å². The lowest BCUT2D eigenvalue weighted by molar-refractivity contribution is 0.782. The Balaban J connectivity index is 2.53. The van der Waals surface area contributed by atoms with Crippen LogP contribution in [0, 0.1) is 6.92 Å². The normalized spacial score (nSPS) is 10.6. The summed E-state index contributed by atoms with van der Waals surface area (Å²) in [5, 5.41) is 4.28. The maximum absolute atomic E-state index is 5.68. The number of aryl methyl sites for hydroxylation is 2. The van der Waals surface area contributed by atoms with Crippen LogP contribution in [-0.4, -0.2) is 14.8 Å². The fourth-order valence-corrected chi connectivity index (χ4v) is 1.90. The van der Waals surface area contributed by atoms with Crippen molar-refractivity contribution in [3.8, 4) is 10.6 Å². The number of hydrogen-bond acceptors (Lipinski definition) is 4. The Morgan fingerprint density at radius 1 is 1.54 bits per heavy atom. The van der Waals surface area contributed by atoms with Gasteiger partial charge in [-0.2, -0.15) is 5.10 Å². The zero-order valence-electron chi connectivity index (χ0n) is 7.48. The third kappa shape index (κ3) is 1.31. The Morgan fingerprint density at radius 3 is 2.77 bits per heavy atom. The minimum Gasteiger partial charge on any atom is -0.384 e. The van der Waals surface area contributed by atoms with Crippen molar-refractivity contribution >= 4 is 17.2 Å². The summed E-state index contributed by atoms with van der Waals surface area (Å²) in [4.78, 5) is 5.25. The van der Waals surface area contributed by atoms with Gasteiger partial charge in [-0.3, -0.25) is 4.68 Å². The van der Waals surface area contributed by atoms with E-state index >= 15 is 0 Å². The lowest BCUT2D eigenvalue weighted by Gasteiger charge is -1.90. The van der Waals surface area contributed by atoms with Gasteiger partial charge in [-0.1, -0.05) is 0 Å². The van der Waals surface area contributed by atoms with Crippen molar-refractivity contribution in [2.75, 3.05) is 5.73 Å². The number of nitrogens with two attached hydrogens (primary N) is 1. The van der Waals surface area contributed by atoms with Crippen molar-refractivity contribution in [3.63, 3.8) is 0 Å². The second-order valence-corrected chi connectivity index (χ2v) is 3.70. The first-order valence-corrected chi connectivity index (χ1v) is 4.76. The van der Waals surface area contributed by atoms with Crippen molar-refractivity contribution in [2.24, 2.45) is 7.05 Å². The first-order valence-electron chi connectivity index (χ1n) is 3.88. The summed E-state index contributed by atoms with van der Waals surface area (Å²) in [5.74, 6) is 0.669. The van der Waals surface area contributed by atoms with Gasteiger partial charge in [0.05, 0.1) is 16.1 Å². The molecule has 13 heavy (non-hydrogen) atoms. The highest BCUT2D eigenvalue weighted by Crippen LogP contribution is 2.26. The van der Waals surface area contributed by atoms with E-state index in [1.54, 1.807) is 16.0 Å². The summed E-state index contributed by atoms with van der Waals surface area (Å²) in [5.41, 5.74) is 9.40. The van der Waals surface area contributed by atoms with Crippen molar-refractivity contribution < 1.29 is 0 Å². The van der Waals surface area contributed by atoms with Gasteiger partial charge in [0.25, 0.3) is 0 Å². The lowest BCUT2D eigenvalue weighted by atomic mass is 10.3. The van der Waals surface area contributed by atoms with Crippen LogP contribution in [0.2, 0.25) is 0 Å². The Morgan fingerprint density at radius 2 is 2.31 bits per heavy atom. The van der Waals surface area contributed by atoms with Crippen molar-refractivity contribution in [2.45, 2.75) is 6.92 Å². The Bertz CT molecular complexity index is 410. The third-order valence-electron chi connectivity index (χ3n) is 1.89. The molecule has 2 N–H and O–H groups in total. The van der Waals surface area contributed by atoms with Gasteiger partial charge in [0.2, 0.25) is 0 Å². The zero-order chi connectivity index (χ0) is 9.42. The fraction of sp³-hybridized carbons (Fsp3) is 0.250. The van der Waals surface area contributed by atoms with Crippen LogP contribution in [0.4, 0.5) is 5.82 Å². The first-order chi connectivity index (χ1) is 6.18. The lowest BCUT2D eigenvalue weighted by Crippen LogP contribution is -1.96. The van der Waals surface area contributed by atoms with Gasteiger partial charge in [0, 0.05) is 13.1 Å². The SMILES string of the molecule is Cc1ncsc1-c1cc(N)n(C)n1. The largest absolute Gasteiger partial charge is 0.384 e. The Kier molecular flexibility index (Phi) is 1.81. The van der Waals surface area contributed by atoms with Crippen LogP contribution in [-0.2, 0) is 7.05 Å². The molecule has 0 aliphatic rings. The van der Waals surface area contributed by atoms with E-state index in [-0.39, 0.29) is 0 Å². The number of nitrogens with zero attached hydrogens (tertiary/aromatic N) is 3. The monoisotopic (exact) mass is 194 g/mol. The van der Waals surface area contributed by atoms with Crippen LogP contribution >= 0.6 is 11.3 Å². The van der Waals surface area contributed by atoms with Crippen LogP contribution in [0.5, 0.6) is 0 Å². The predicted molar refractivity (Wildman–Crippen MR) is 53.5 cm³/mol. The van der Waals surface area contributed by atoms with Crippen LogP contribution in [0.25, 0.3) is 10.6 Å². The van der Waals surface area contributed by atoms with E-state index in [9.17, 15) is 0 Å². The van der Waals surface area contributed by atoms with Crippen LogP contribution in [0.1, 0.15) is 5.69 Å². The maximum Gasteiger partial charge on any atom is 0.121 e. The van der Waals surface area contributed by atoms with Crippen molar-refractivity contribution in [3.05, 3.63) is 17.3 Å². The van der Waals surface area contributed by atoms with Crippen LogP contribution in [0.15, 0.2) is 11.6 Å². The molecular formula is C8H10N4S. The topological polar surface area (TPSA) is 56.7 Å². The highest BCUT2D eigenvalue weighted by molar-refractivity contribution is 7.13. The number of rotatable bonds is 1. The highest BCUT2D eigenvalue weighted by atomic mass is 32.1. The maximum atomic E-state index is 5.68. The summed E-state index contributed by atoms with van der Waals surface area (Å²) in [6.45, 7) is 1.97. The number of hydrogen-bond donors (Lipinski definition) is 1. The minimum atomic E-state index is 0.669. The van der Waals surface area contributed by atoms with E-state index < -0.39 is 0 Å². The number of anilines is 1. The van der Waals surface area contributed by atoms with E-state index in [0.29, 0.717) is 5.82 Å². The fourth-order valence-electron chi connectivity index (χ4n) is 1.14. The Hall–Kier alpha value is -1.36. The molecule has 0 saturated carbocycles. The van der Waals surface area contributed by atoms with Gasteiger partial charge < -0.3 is 5.73 Å². The molecule has 0 unspecified atom stereocenters. The summed E-state index contributed by atoms with van der Waals surface area (Å²) in [6, 6.07) is 1.86. The highest BCUT2D eigenvalue weighted by Gasteiger charge is 2.09. The van der Waals surface area contributed by atoms with Crippen LogP contribution < -0.4 is 5.73 Å². The first kappa shape index (κ1) is 8.25. The summed E-state index contributed by atoms with van der Waals surface area (Å²) >= 11 is 1.58. The van der Waals surface area contributed by atoms with E-state index in [4.69, 9.17) is 5.73 Å². The van der Waals surface area contributed by atoms with E-state index in [2.05, 4.69) is 10.1 Å². The smallest absolute Gasteiger partial charge is 0.121 e. The predicted octanol–water partition coefficient (Wildman–Crippen LogP) is 1.43. The molecule has 0 bridgehead atoms. The molecule has 0 spiro atoms. The summed E-state index contributed by atoms with van der Waals surface area (Å²) < 4.78 is 1.66. The molecule has 0 saturated heterocycles. The second-order valence-electron chi connectivity index (χ2n) is 2.84. The molecule has 2 heterocycles. The van der Waals surface area contributed by atoms with Gasteiger partial charge in [0.15, 0.2) is 0 Å². The third-order valence-corrected chi connectivity index (χ3v) is 2.85. The standard InChI is InChI=1S/C8H10N4S/c1-5-8(13-4-10-5)6-3-7(9)12(2)11-6/h3-4H,9H2,1-2H3. The molecule has 0 aromatic carbocycles. The van der Waals surface area contributed by atoms with E-state index in [1.165, 1.54) is 0 Å². The van der Waals surface area contributed by atoms with Gasteiger partial charge in [-0.05, 0) is 6.92 Å². The molecule has 0 aliphatic carbocycles. The number of aromatic nitrogens is 3. The molecule has 4 nitrogen and oxygen atoms in total. The molecule has 2 aromatic rings. The second kappa shape index (κ2) is 2.85. The van der Waals surface area contributed by atoms with Crippen molar-refractivity contribution in [1.82, 2.24) is 14.8 Å². The molecular weight excluding hydrogens is 184 g/mol. The number of thiazole rings is 1. The molecule has 0 amide bonds. The summed E-state index contributed by atoms with van der Waals surface area (Å²) in [6.07, 6.45) is 0. The zero-order valence-corrected chi connectivity index (χ0v) is 8.30. The molecule has 2 aromatic heterocycles. The average Bonchev–Trinajstić information content (AvgIpc) is 2.60. The van der Waals surface area contributed by atoms with E-state index in [0.717, 1.165) is 16.3 Å². The van der Waals surface area contributed by atoms with Gasteiger partial charge >= 0.3 is 0 Å². The molecule has 0 fully saturated rings. The molecule has 0 atom stereocenters. The quantitative estimate of drug-likeness (QED) is 0.747. The van der Waals surface area contributed by atoms with Gasteiger partial charge in [-0.15, -0.1) is 11.3 Å². The molecule has 5 heteroatoms. The molecule has 68 valence electrons. The molecule has 0 radical (unpaired) electrons. The van der Waals surface area contributed by atoms with Crippen molar-refractivity contribution in [1.29, 1.82) is 0 Å². The van der Waals surface area contributed by atoms with Crippen LogP contribution in [0.3, 0.4) is 0 Å². The minimum absolute atomic E-state index is 0.669. The average molecular weight is 194 g/mol. The van der Waals surface area contributed by atoms with Gasteiger partial charge in [0.1, 0.15) is 11.5 Å². The molecule has 0 aliphatic heterocycles. The number of nitrogen functional groups attached to an aromatic ring is 1. The summed E-state index contributed by atoms with van der Waals surface area (Å²) in [7, 11) is 1.83. The molecule has 2 rings (SSSR count).